The van der Waals surface area contributed by atoms with Gasteiger partial charge in [-0.2, -0.15) is 5.10 Å². The number of nitrogens with zero attached hydrogens (tertiary/aromatic N) is 3. The zero-order valence-corrected chi connectivity index (χ0v) is 12.0. The van der Waals surface area contributed by atoms with E-state index in [-0.39, 0.29) is 11.1 Å². The molecule has 0 saturated carbocycles. The summed E-state index contributed by atoms with van der Waals surface area (Å²) in [6.45, 7) is 7.24. The van der Waals surface area contributed by atoms with Gasteiger partial charge < -0.3 is 5.32 Å². The van der Waals surface area contributed by atoms with Crippen molar-refractivity contribution in [3.63, 3.8) is 0 Å². The van der Waals surface area contributed by atoms with E-state index in [1.54, 1.807) is 6.07 Å². The molecule has 0 saturated heterocycles. The molecular weight excluding hydrogens is 262 g/mol. The number of hydrogen-bond acceptors (Lipinski definition) is 6. The van der Waals surface area contributed by atoms with Crippen LogP contribution < -0.4 is 10.9 Å². The van der Waals surface area contributed by atoms with Gasteiger partial charge in [0.2, 0.25) is 0 Å². The van der Waals surface area contributed by atoms with Crippen LogP contribution in [0.5, 0.6) is 0 Å². The molecule has 0 fully saturated rings. The molecule has 0 unspecified atom stereocenters. The minimum Gasteiger partial charge on any atom is -0.312 e. The summed E-state index contributed by atoms with van der Waals surface area (Å²) in [6, 6.07) is 3.08. The zero-order chi connectivity index (χ0) is 13.9. The van der Waals surface area contributed by atoms with Gasteiger partial charge in [0.25, 0.3) is 5.56 Å². The Morgan fingerprint density at radius 1 is 1.32 bits per heavy atom. The third-order valence-electron chi connectivity index (χ3n) is 2.36. The lowest BCUT2D eigenvalue weighted by molar-refractivity contribution is 0.429. The molecule has 0 amide bonds. The molecule has 0 aliphatic rings. The third kappa shape index (κ3) is 4.22. The molecule has 2 N–H and O–H groups in total. The SMILES string of the molecule is CC(C)(C)NCCc1nnc(-c2ccc(=O)[nH]n2)s1. The van der Waals surface area contributed by atoms with Gasteiger partial charge >= 0.3 is 0 Å². The van der Waals surface area contributed by atoms with Crippen molar-refractivity contribution in [2.24, 2.45) is 0 Å². The second-order valence-electron chi connectivity index (χ2n) is 5.23. The van der Waals surface area contributed by atoms with E-state index in [1.807, 2.05) is 0 Å². The number of aromatic amines is 1. The fourth-order valence-corrected chi connectivity index (χ4v) is 2.28. The summed E-state index contributed by atoms with van der Waals surface area (Å²) < 4.78 is 0. The van der Waals surface area contributed by atoms with E-state index in [9.17, 15) is 4.79 Å². The first-order chi connectivity index (χ1) is 8.94. The predicted molar refractivity (Wildman–Crippen MR) is 75.2 cm³/mol. The van der Waals surface area contributed by atoms with Crippen LogP contribution in [0.2, 0.25) is 0 Å². The molecule has 102 valence electrons. The Morgan fingerprint density at radius 3 is 2.74 bits per heavy atom. The van der Waals surface area contributed by atoms with Gasteiger partial charge in [-0.05, 0) is 26.8 Å². The highest BCUT2D eigenvalue weighted by Gasteiger charge is 2.11. The molecule has 7 heteroatoms. The molecule has 2 aromatic rings. The van der Waals surface area contributed by atoms with Gasteiger partial charge in [-0.3, -0.25) is 4.79 Å². The lowest BCUT2D eigenvalue weighted by Crippen LogP contribution is -2.37. The normalized spacial score (nSPS) is 11.7. The second kappa shape index (κ2) is 5.58. The molecule has 0 bridgehead atoms. The van der Waals surface area contributed by atoms with E-state index in [4.69, 9.17) is 0 Å². The van der Waals surface area contributed by atoms with Crippen molar-refractivity contribution in [3.8, 4) is 10.7 Å². The minimum atomic E-state index is -0.220. The molecule has 0 aromatic carbocycles. The Bertz CT molecular complexity index is 578. The Morgan fingerprint density at radius 2 is 2.11 bits per heavy atom. The summed E-state index contributed by atoms with van der Waals surface area (Å²) in [5, 5.41) is 19.6. The van der Waals surface area contributed by atoms with Crippen LogP contribution in [-0.4, -0.2) is 32.5 Å². The number of nitrogens with one attached hydrogen (secondary N) is 2. The van der Waals surface area contributed by atoms with E-state index in [1.165, 1.54) is 17.4 Å². The summed E-state index contributed by atoms with van der Waals surface area (Å²) in [6.07, 6.45) is 0.832. The van der Waals surface area contributed by atoms with Crippen molar-refractivity contribution in [2.75, 3.05) is 6.54 Å². The first-order valence-corrected chi connectivity index (χ1v) is 6.89. The van der Waals surface area contributed by atoms with Gasteiger partial charge in [0.05, 0.1) is 0 Å². The molecule has 2 heterocycles. The van der Waals surface area contributed by atoms with E-state index >= 15 is 0 Å². The lowest BCUT2D eigenvalue weighted by Gasteiger charge is -2.19. The molecule has 0 spiro atoms. The van der Waals surface area contributed by atoms with E-state index in [0.717, 1.165) is 23.0 Å². The van der Waals surface area contributed by atoms with Crippen LogP contribution >= 0.6 is 11.3 Å². The number of rotatable bonds is 4. The van der Waals surface area contributed by atoms with Crippen molar-refractivity contribution in [2.45, 2.75) is 32.7 Å². The van der Waals surface area contributed by atoms with Gasteiger partial charge in [-0.1, -0.05) is 11.3 Å². The number of aromatic nitrogens is 4. The average Bonchev–Trinajstić information content (AvgIpc) is 2.77. The maximum absolute atomic E-state index is 10.9. The minimum absolute atomic E-state index is 0.105. The first kappa shape index (κ1) is 13.8. The quantitative estimate of drug-likeness (QED) is 0.879. The molecule has 0 aliphatic heterocycles. The Hall–Kier alpha value is -1.60. The van der Waals surface area contributed by atoms with Crippen molar-refractivity contribution < 1.29 is 0 Å². The van der Waals surface area contributed by atoms with Crippen LogP contribution in [0.3, 0.4) is 0 Å². The Kier molecular flexibility index (Phi) is 4.06. The fraction of sp³-hybridized carbons (Fsp3) is 0.500. The monoisotopic (exact) mass is 279 g/mol. The summed E-state index contributed by atoms with van der Waals surface area (Å²) in [7, 11) is 0. The average molecular weight is 279 g/mol. The van der Waals surface area contributed by atoms with Crippen molar-refractivity contribution in [3.05, 3.63) is 27.5 Å². The molecule has 2 rings (SSSR count). The number of H-pyrrole nitrogens is 1. The molecule has 0 aliphatic carbocycles. The highest BCUT2D eigenvalue weighted by atomic mass is 32.1. The van der Waals surface area contributed by atoms with Gasteiger partial charge in [-0.15, -0.1) is 10.2 Å². The van der Waals surface area contributed by atoms with Gasteiger partial charge in [-0.25, -0.2) is 5.10 Å². The van der Waals surface area contributed by atoms with Crippen molar-refractivity contribution in [1.29, 1.82) is 0 Å². The maximum atomic E-state index is 10.9. The summed E-state index contributed by atoms with van der Waals surface area (Å²) in [5.74, 6) is 0. The Labute approximate surface area is 115 Å². The molecule has 2 aromatic heterocycles. The maximum Gasteiger partial charge on any atom is 0.264 e. The Balaban J connectivity index is 1.99. The second-order valence-corrected chi connectivity index (χ2v) is 6.30. The molecule has 0 radical (unpaired) electrons. The lowest BCUT2D eigenvalue weighted by atomic mass is 10.1. The van der Waals surface area contributed by atoms with Crippen LogP contribution in [-0.2, 0) is 6.42 Å². The van der Waals surface area contributed by atoms with Crippen LogP contribution in [0.15, 0.2) is 16.9 Å². The van der Waals surface area contributed by atoms with E-state index in [0.29, 0.717) is 5.69 Å². The van der Waals surface area contributed by atoms with Crippen molar-refractivity contribution >= 4 is 11.3 Å². The van der Waals surface area contributed by atoms with Crippen LogP contribution in [0.25, 0.3) is 10.7 Å². The highest BCUT2D eigenvalue weighted by molar-refractivity contribution is 7.14. The summed E-state index contributed by atoms with van der Waals surface area (Å²) in [4.78, 5) is 10.9. The van der Waals surface area contributed by atoms with Crippen LogP contribution in [0.4, 0.5) is 0 Å². The van der Waals surface area contributed by atoms with E-state index < -0.39 is 0 Å². The van der Waals surface area contributed by atoms with E-state index in [2.05, 4.69) is 46.5 Å². The zero-order valence-electron chi connectivity index (χ0n) is 11.2. The fourth-order valence-electron chi connectivity index (χ4n) is 1.47. The third-order valence-corrected chi connectivity index (χ3v) is 3.36. The topological polar surface area (TPSA) is 83.6 Å². The molecule has 19 heavy (non-hydrogen) atoms. The summed E-state index contributed by atoms with van der Waals surface area (Å²) in [5.41, 5.74) is 0.531. The first-order valence-electron chi connectivity index (χ1n) is 6.07. The predicted octanol–water partition coefficient (Wildman–Crippen LogP) is 1.22. The van der Waals surface area contributed by atoms with Gasteiger partial charge in [0, 0.05) is 24.6 Å². The molecule has 0 atom stereocenters. The smallest absolute Gasteiger partial charge is 0.264 e. The largest absolute Gasteiger partial charge is 0.312 e. The number of hydrogen-bond donors (Lipinski definition) is 2. The van der Waals surface area contributed by atoms with Crippen LogP contribution in [0.1, 0.15) is 25.8 Å². The van der Waals surface area contributed by atoms with Crippen molar-refractivity contribution in [1.82, 2.24) is 25.7 Å². The van der Waals surface area contributed by atoms with Crippen LogP contribution in [0, 0.1) is 0 Å². The van der Waals surface area contributed by atoms with Gasteiger partial charge in [0.15, 0.2) is 5.01 Å². The highest BCUT2D eigenvalue weighted by Crippen LogP contribution is 2.20. The standard InChI is InChI=1S/C12H17N5OS/c1-12(2,3)13-7-6-10-16-17-11(19-10)8-4-5-9(18)15-14-8/h4-5,13H,6-7H2,1-3H3,(H,15,18). The summed E-state index contributed by atoms with van der Waals surface area (Å²) >= 11 is 1.50. The van der Waals surface area contributed by atoms with Gasteiger partial charge in [0.1, 0.15) is 10.7 Å². The molecular formula is C12H17N5OS. The molecule has 6 nitrogen and oxygen atoms in total.